The van der Waals surface area contributed by atoms with E-state index in [0.717, 1.165) is 13.0 Å². The number of likely N-dealkylation sites (tertiary alicyclic amines) is 1. The van der Waals surface area contributed by atoms with Crippen molar-refractivity contribution in [1.29, 1.82) is 0 Å². The number of furan rings is 1. The van der Waals surface area contributed by atoms with Crippen molar-refractivity contribution in [1.82, 2.24) is 4.90 Å². The number of aliphatic hydroxyl groups excluding tert-OH is 1. The second kappa shape index (κ2) is 6.98. The summed E-state index contributed by atoms with van der Waals surface area (Å²) in [7, 11) is 0. The number of carbonyl (C=O) groups is 2. The fraction of sp³-hybridized carbons (Fsp3) is 0.474. The topological polar surface area (TPSA) is 82.8 Å². The average molecular weight is 344 g/mol. The molecule has 2 N–H and O–H groups in total. The van der Waals surface area contributed by atoms with E-state index in [1.54, 1.807) is 6.07 Å². The van der Waals surface area contributed by atoms with Crippen molar-refractivity contribution in [2.75, 3.05) is 18.4 Å². The van der Waals surface area contributed by atoms with Gasteiger partial charge >= 0.3 is 0 Å². The highest BCUT2D eigenvalue weighted by Crippen LogP contribution is 2.31. The Morgan fingerprint density at radius 3 is 2.76 bits per heavy atom. The Balaban J connectivity index is 1.82. The van der Waals surface area contributed by atoms with Crippen LogP contribution >= 0.6 is 0 Å². The summed E-state index contributed by atoms with van der Waals surface area (Å²) in [6, 6.07) is 6.83. The fourth-order valence-electron chi connectivity index (χ4n) is 3.24. The zero-order valence-corrected chi connectivity index (χ0v) is 14.8. The van der Waals surface area contributed by atoms with E-state index < -0.39 is 12.1 Å². The molecule has 3 rings (SSSR count). The van der Waals surface area contributed by atoms with Crippen LogP contribution in [0.3, 0.4) is 0 Å². The lowest BCUT2D eigenvalue weighted by atomic mass is 9.95. The second-order valence-electron chi connectivity index (χ2n) is 6.85. The van der Waals surface area contributed by atoms with Crippen LogP contribution in [0.5, 0.6) is 0 Å². The number of amides is 1. The lowest BCUT2D eigenvalue weighted by Gasteiger charge is -2.37. The summed E-state index contributed by atoms with van der Waals surface area (Å²) in [4.78, 5) is 26.6. The normalized spacial score (nSPS) is 22.7. The van der Waals surface area contributed by atoms with Gasteiger partial charge in [-0.15, -0.1) is 0 Å². The molecule has 0 saturated carbocycles. The summed E-state index contributed by atoms with van der Waals surface area (Å²) >= 11 is 0. The van der Waals surface area contributed by atoms with Crippen LogP contribution in [0.2, 0.25) is 0 Å². The van der Waals surface area contributed by atoms with Gasteiger partial charge in [-0.3, -0.25) is 14.5 Å². The van der Waals surface area contributed by atoms with Gasteiger partial charge in [-0.2, -0.15) is 0 Å². The first-order chi connectivity index (χ1) is 11.9. The highest BCUT2D eigenvalue weighted by Gasteiger charge is 2.31. The van der Waals surface area contributed by atoms with Crippen LogP contribution < -0.4 is 5.32 Å². The Bertz CT molecular complexity index is 798. The van der Waals surface area contributed by atoms with Crippen molar-refractivity contribution in [2.24, 2.45) is 5.92 Å². The lowest BCUT2D eigenvalue weighted by molar-refractivity contribution is -0.122. The van der Waals surface area contributed by atoms with E-state index in [4.69, 9.17) is 4.42 Å². The van der Waals surface area contributed by atoms with Gasteiger partial charge in [0.25, 0.3) is 0 Å². The van der Waals surface area contributed by atoms with Crippen molar-refractivity contribution >= 4 is 28.3 Å². The molecule has 0 bridgehead atoms. The number of anilines is 1. The number of fused-ring (bicyclic) bond motifs is 1. The molecule has 1 aromatic heterocycles. The molecule has 1 saturated heterocycles. The van der Waals surface area contributed by atoms with Gasteiger partial charge in [-0.05, 0) is 37.9 Å². The fourth-order valence-corrected chi connectivity index (χ4v) is 3.24. The van der Waals surface area contributed by atoms with Crippen molar-refractivity contribution in [3.8, 4) is 0 Å². The van der Waals surface area contributed by atoms with E-state index in [-0.39, 0.29) is 23.4 Å². The smallest absolute Gasteiger partial charge is 0.241 e. The van der Waals surface area contributed by atoms with Gasteiger partial charge in [-0.25, -0.2) is 0 Å². The van der Waals surface area contributed by atoms with E-state index in [1.807, 2.05) is 36.9 Å². The van der Waals surface area contributed by atoms with Gasteiger partial charge in [0, 0.05) is 18.9 Å². The Hall–Kier alpha value is -2.18. The minimum absolute atomic E-state index is 0.161. The predicted molar refractivity (Wildman–Crippen MR) is 95.7 cm³/mol. The second-order valence-corrected chi connectivity index (χ2v) is 6.85. The third kappa shape index (κ3) is 3.45. The Labute approximate surface area is 146 Å². The van der Waals surface area contributed by atoms with Gasteiger partial charge in [-0.1, -0.05) is 19.1 Å². The number of hydrogen-bond acceptors (Lipinski definition) is 5. The van der Waals surface area contributed by atoms with Crippen LogP contribution in [0, 0.1) is 5.92 Å². The predicted octanol–water partition coefficient (Wildman–Crippen LogP) is 2.67. The van der Waals surface area contributed by atoms with Gasteiger partial charge in [0.2, 0.25) is 5.91 Å². The first-order valence-corrected chi connectivity index (χ1v) is 8.64. The SMILES string of the molecule is CC(=O)c1oc2ccccc2c1NC(=O)C(C)N1CCC(C)C(O)C1. The summed E-state index contributed by atoms with van der Waals surface area (Å²) in [5.41, 5.74) is 0.990. The van der Waals surface area contributed by atoms with E-state index in [9.17, 15) is 14.7 Å². The molecule has 1 aromatic carbocycles. The summed E-state index contributed by atoms with van der Waals surface area (Å²) in [5, 5.41) is 13.6. The molecule has 1 amide bonds. The molecule has 1 fully saturated rings. The number of Topliss-reactive ketones (excluding diaryl/α,β-unsaturated/α-hetero) is 1. The Kier molecular flexibility index (Phi) is 4.92. The van der Waals surface area contributed by atoms with Gasteiger partial charge < -0.3 is 14.8 Å². The maximum absolute atomic E-state index is 12.7. The number of ketones is 1. The molecule has 134 valence electrons. The molecule has 3 unspecified atom stereocenters. The molecule has 1 aliphatic heterocycles. The van der Waals surface area contributed by atoms with E-state index in [2.05, 4.69) is 5.32 Å². The van der Waals surface area contributed by atoms with Crippen LogP contribution in [0.4, 0.5) is 5.69 Å². The number of β-amino-alcohol motifs (C(OH)–C–C–N with tert-alkyl or cyclic N) is 1. The van der Waals surface area contributed by atoms with Crippen molar-refractivity contribution < 1.29 is 19.1 Å². The number of nitrogens with one attached hydrogen (secondary N) is 1. The lowest BCUT2D eigenvalue weighted by Crippen LogP contribution is -2.50. The Morgan fingerprint density at radius 2 is 2.08 bits per heavy atom. The summed E-state index contributed by atoms with van der Waals surface area (Å²) in [6.07, 6.45) is 0.429. The highest BCUT2D eigenvalue weighted by molar-refractivity contribution is 6.11. The number of para-hydroxylation sites is 1. The first-order valence-electron chi connectivity index (χ1n) is 8.64. The molecule has 0 radical (unpaired) electrons. The number of nitrogens with zero attached hydrogens (tertiary/aromatic N) is 1. The molecule has 0 spiro atoms. The van der Waals surface area contributed by atoms with Crippen LogP contribution in [0.25, 0.3) is 11.0 Å². The monoisotopic (exact) mass is 344 g/mol. The molecule has 2 aromatic rings. The quantitative estimate of drug-likeness (QED) is 0.833. The van der Waals surface area contributed by atoms with Gasteiger partial charge in [0.05, 0.1) is 17.8 Å². The maximum atomic E-state index is 12.7. The highest BCUT2D eigenvalue weighted by atomic mass is 16.3. The van der Waals surface area contributed by atoms with Crippen LogP contribution in [-0.4, -0.2) is 46.9 Å². The maximum Gasteiger partial charge on any atom is 0.241 e. The van der Waals surface area contributed by atoms with Crippen LogP contribution in [0.15, 0.2) is 28.7 Å². The standard InChI is InChI=1S/C19H24N2O4/c1-11-8-9-21(10-15(11)23)12(2)19(24)20-17-14-6-4-5-7-16(14)25-18(17)13(3)22/h4-7,11-12,15,23H,8-10H2,1-3H3,(H,20,24). The largest absolute Gasteiger partial charge is 0.451 e. The van der Waals surface area contributed by atoms with Crippen molar-refractivity contribution in [2.45, 2.75) is 39.3 Å². The van der Waals surface area contributed by atoms with Gasteiger partial charge in [0.1, 0.15) is 5.58 Å². The van der Waals surface area contributed by atoms with E-state index in [1.165, 1.54) is 6.92 Å². The first kappa shape index (κ1) is 17.6. The molecule has 6 nitrogen and oxygen atoms in total. The molecule has 3 atom stereocenters. The van der Waals surface area contributed by atoms with Crippen molar-refractivity contribution in [3.63, 3.8) is 0 Å². The number of piperidine rings is 1. The van der Waals surface area contributed by atoms with E-state index >= 15 is 0 Å². The number of hydrogen-bond donors (Lipinski definition) is 2. The molecule has 25 heavy (non-hydrogen) atoms. The molecule has 0 aliphatic carbocycles. The molecular weight excluding hydrogens is 320 g/mol. The minimum Gasteiger partial charge on any atom is -0.451 e. The van der Waals surface area contributed by atoms with E-state index in [0.29, 0.717) is 23.2 Å². The molecular formula is C19H24N2O4. The average Bonchev–Trinajstić information content (AvgIpc) is 2.95. The third-order valence-electron chi connectivity index (χ3n) is 5.04. The zero-order valence-electron chi connectivity index (χ0n) is 14.8. The van der Waals surface area contributed by atoms with Crippen molar-refractivity contribution in [3.05, 3.63) is 30.0 Å². The van der Waals surface area contributed by atoms with Gasteiger partial charge in [0.15, 0.2) is 11.5 Å². The number of benzene rings is 1. The summed E-state index contributed by atoms with van der Waals surface area (Å²) in [5.74, 6) is -0.0418. The number of rotatable bonds is 4. The molecule has 6 heteroatoms. The van der Waals surface area contributed by atoms with Crippen LogP contribution in [0.1, 0.15) is 37.7 Å². The Morgan fingerprint density at radius 1 is 1.36 bits per heavy atom. The molecule has 2 heterocycles. The zero-order chi connectivity index (χ0) is 18.1. The molecule has 1 aliphatic rings. The number of aliphatic hydroxyl groups is 1. The third-order valence-corrected chi connectivity index (χ3v) is 5.04. The summed E-state index contributed by atoms with van der Waals surface area (Å²) in [6.45, 7) is 6.48. The minimum atomic E-state index is -0.425. The van der Waals surface area contributed by atoms with Crippen LogP contribution in [-0.2, 0) is 4.79 Å². The summed E-state index contributed by atoms with van der Waals surface area (Å²) < 4.78 is 5.60. The number of carbonyl (C=O) groups excluding carboxylic acids is 2.